The molecular formula is C10H13NO9. The number of hydrogen-bond donors (Lipinski definition) is 0. The van der Waals surface area contributed by atoms with E-state index in [-0.39, 0.29) is 13.2 Å². The number of rotatable bonds is 5. The number of nitrogens with zero attached hydrogens (tertiary/aromatic N) is 1. The molecule has 0 spiro atoms. The van der Waals surface area contributed by atoms with E-state index in [4.69, 9.17) is 14.2 Å². The van der Waals surface area contributed by atoms with Crippen LogP contribution in [0, 0.1) is 10.1 Å². The van der Waals surface area contributed by atoms with Gasteiger partial charge in [0.05, 0.1) is 13.2 Å². The van der Waals surface area contributed by atoms with E-state index in [1.807, 2.05) is 0 Å². The van der Waals surface area contributed by atoms with Crippen LogP contribution < -0.4 is 0 Å². The van der Waals surface area contributed by atoms with Gasteiger partial charge in [0.1, 0.15) is 12.2 Å². The zero-order chi connectivity index (χ0) is 14.7. The first kappa shape index (κ1) is 14.5. The first-order valence-corrected chi connectivity index (χ1v) is 5.84. The van der Waals surface area contributed by atoms with Crippen LogP contribution in [0.2, 0.25) is 0 Å². The van der Waals surface area contributed by atoms with Crippen molar-refractivity contribution < 1.29 is 38.5 Å². The average molecular weight is 291 g/mol. The molecule has 1 unspecified atom stereocenters. The van der Waals surface area contributed by atoms with Gasteiger partial charge >= 0.3 is 11.9 Å². The van der Waals surface area contributed by atoms with Crippen LogP contribution in [0.25, 0.3) is 0 Å². The quantitative estimate of drug-likeness (QED) is 0.350. The Balaban J connectivity index is 1.83. The van der Waals surface area contributed by atoms with E-state index < -0.39 is 48.0 Å². The van der Waals surface area contributed by atoms with E-state index in [1.165, 1.54) is 6.92 Å². The number of hydrogen-bond acceptors (Lipinski definition) is 9. The number of carbonyl (C=O) groups is 2. The fourth-order valence-corrected chi connectivity index (χ4v) is 2.09. The summed E-state index contributed by atoms with van der Waals surface area (Å²) in [6, 6.07) is 0. The molecule has 0 aliphatic carbocycles. The normalized spacial score (nSPS) is 31.4. The van der Waals surface area contributed by atoms with E-state index in [2.05, 4.69) is 9.57 Å². The van der Waals surface area contributed by atoms with Gasteiger partial charge in [-0.3, -0.25) is 4.79 Å². The lowest BCUT2D eigenvalue weighted by atomic mass is 10.1. The van der Waals surface area contributed by atoms with E-state index >= 15 is 0 Å². The van der Waals surface area contributed by atoms with Gasteiger partial charge in [0.2, 0.25) is 0 Å². The number of carbonyl (C=O) groups excluding carboxylic acids is 2. The molecule has 0 bridgehead atoms. The predicted octanol–water partition coefficient (Wildman–Crippen LogP) is -1.16. The van der Waals surface area contributed by atoms with Crippen LogP contribution in [-0.4, -0.2) is 61.3 Å². The van der Waals surface area contributed by atoms with Crippen molar-refractivity contribution in [1.82, 2.24) is 0 Å². The lowest BCUT2D eigenvalue weighted by molar-refractivity contribution is -0.769. The van der Waals surface area contributed by atoms with Crippen LogP contribution in [0.4, 0.5) is 0 Å². The van der Waals surface area contributed by atoms with Gasteiger partial charge in [-0.15, -0.1) is 10.1 Å². The van der Waals surface area contributed by atoms with Gasteiger partial charge in [-0.1, -0.05) is 0 Å². The molecule has 2 rings (SSSR count). The van der Waals surface area contributed by atoms with E-state index in [0.717, 1.165) is 0 Å². The fourth-order valence-electron chi connectivity index (χ4n) is 2.09. The Morgan fingerprint density at radius 2 is 1.85 bits per heavy atom. The molecule has 0 radical (unpaired) electrons. The number of ether oxygens (including phenoxy) is 4. The molecule has 0 N–H and O–H groups in total. The molecule has 0 saturated carbocycles. The molecule has 2 aliphatic heterocycles. The Kier molecular flexibility index (Phi) is 4.35. The number of fused-ring (bicyclic) bond motifs is 1. The van der Waals surface area contributed by atoms with E-state index in [0.29, 0.717) is 0 Å². The summed E-state index contributed by atoms with van der Waals surface area (Å²) in [6.07, 6.45) is -2.83. The van der Waals surface area contributed by atoms with Crippen molar-refractivity contribution in [1.29, 1.82) is 0 Å². The van der Waals surface area contributed by atoms with E-state index in [1.54, 1.807) is 0 Å². The Morgan fingerprint density at radius 1 is 1.25 bits per heavy atom. The highest BCUT2D eigenvalue weighted by Gasteiger charge is 2.51. The molecule has 0 aromatic rings. The summed E-state index contributed by atoms with van der Waals surface area (Å²) in [5.41, 5.74) is 0. The molecule has 112 valence electrons. The zero-order valence-electron chi connectivity index (χ0n) is 10.6. The summed E-state index contributed by atoms with van der Waals surface area (Å²) < 4.78 is 20.1. The van der Waals surface area contributed by atoms with Gasteiger partial charge < -0.3 is 23.8 Å². The van der Waals surface area contributed by atoms with Crippen LogP contribution in [-0.2, 0) is 33.4 Å². The molecule has 2 fully saturated rings. The third-order valence-corrected chi connectivity index (χ3v) is 2.86. The second kappa shape index (κ2) is 6.01. The lowest BCUT2D eigenvalue weighted by Gasteiger charge is -2.16. The molecule has 0 aromatic heterocycles. The van der Waals surface area contributed by atoms with Gasteiger partial charge in [-0.05, 0) is 0 Å². The summed E-state index contributed by atoms with van der Waals surface area (Å²) >= 11 is 0. The number of esters is 2. The minimum Gasteiger partial charge on any atom is -0.454 e. The molecule has 2 heterocycles. The second-order valence-electron chi connectivity index (χ2n) is 4.27. The summed E-state index contributed by atoms with van der Waals surface area (Å²) in [5, 5.41) is 9.37. The first-order chi connectivity index (χ1) is 9.47. The first-order valence-electron chi connectivity index (χ1n) is 5.84. The Morgan fingerprint density at radius 3 is 2.45 bits per heavy atom. The molecule has 0 aromatic carbocycles. The van der Waals surface area contributed by atoms with Gasteiger partial charge in [0.25, 0.3) is 5.09 Å². The lowest BCUT2D eigenvalue weighted by Crippen LogP contribution is -2.36. The smallest absolute Gasteiger partial charge is 0.344 e. The maximum atomic E-state index is 11.4. The highest BCUT2D eigenvalue weighted by molar-refractivity contribution is 5.75. The standard InChI is InChI=1S/C10H13NO9/c1-5(12)16-4-8(13)19-6-2-17-10-7(20-11(14)15)3-18-9(6)10/h6-7,9-10H,2-4H2,1H3/t6-,7?,9-,10-/m1/s1. The summed E-state index contributed by atoms with van der Waals surface area (Å²) in [7, 11) is 0. The van der Waals surface area contributed by atoms with Crippen molar-refractivity contribution >= 4 is 11.9 Å². The highest BCUT2D eigenvalue weighted by Crippen LogP contribution is 2.30. The fraction of sp³-hybridized carbons (Fsp3) is 0.800. The predicted molar refractivity (Wildman–Crippen MR) is 57.9 cm³/mol. The van der Waals surface area contributed by atoms with Crippen molar-refractivity contribution in [2.75, 3.05) is 19.8 Å². The maximum Gasteiger partial charge on any atom is 0.344 e. The van der Waals surface area contributed by atoms with Gasteiger partial charge in [-0.25, -0.2) is 4.79 Å². The van der Waals surface area contributed by atoms with Crippen molar-refractivity contribution in [2.45, 2.75) is 31.3 Å². The highest BCUT2D eigenvalue weighted by atomic mass is 17.0. The van der Waals surface area contributed by atoms with Gasteiger partial charge in [-0.2, -0.15) is 0 Å². The van der Waals surface area contributed by atoms with Gasteiger partial charge in [0.15, 0.2) is 18.8 Å². The third-order valence-electron chi connectivity index (χ3n) is 2.86. The van der Waals surface area contributed by atoms with Crippen LogP contribution in [0.1, 0.15) is 6.92 Å². The Labute approximate surface area is 113 Å². The van der Waals surface area contributed by atoms with Crippen molar-refractivity contribution in [3.8, 4) is 0 Å². The molecule has 4 atom stereocenters. The molecule has 2 saturated heterocycles. The van der Waals surface area contributed by atoms with Crippen molar-refractivity contribution in [2.24, 2.45) is 0 Å². The molecule has 20 heavy (non-hydrogen) atoms. The molecular weight excluding hydrogens is 278 g/mol. The summed E-state index contributed by atoms with van der Waals surface area (Å²) in [4.78, 5) is 36.7. The minimum atomic E-state index is -0.917. The second-order valence-corrected chi connectivity index (χ2v) is 4.27. The van der Waals surface area contributed by atoms with Crippen LogP contribution in [0.5, 0.6) is 0 Å². The Hall–Kier alpha value is -1.94. The van der Waals surface area contributed by atoms with Crippen LogP contribution in [0.15, 0.2) is 0 Å². The van der Waals surface area contributed by atoms with Crippen molar-refractivity contribution in [3.05, 3.63) is 10.1 Å². The van der Waals surface area contributed by atoms with E-state index in [9.17, 15) is 19.7 Å². The maximum absolute atomic E-state index is 11.4. The van der Waals surface area contributed by atoms with Gasteiger partial charge in [0, 0.05) is 6.92 Å². The topological polar surface area (TPSA) is 123 Å². The minimum absolute atomic E-state index is 0.0195. The molecule has 0 amide bonds. The third kappa shape index (κ3) is 3.33. The molecule has 2 aliphatic rings. The average Bonchev–Trinajstić information content (AvgIpc) is 2.91. The SMILES string of the molecule is CC(=O)OCC(=O)O[C@@H]1CO[C@@H]2C(O[N+](=O)[O-])CO[C@@H]21. The molecule has 10 heteroatoms. The summed E-state index contributed by atoms with van der Waals surface area (Å²) in [5.74, 6) is -1.34. The monoisotopic (exact) mass is 291 g/mol. The molecule has 10 nitrogen and oxygen atoms in total. The largest absolute Gasteiger partial charge is 0.454 e. The Bertz CT molecular complexity index is 412. The zero-order valence-corrected chi connectivity index (χ0v) is 10.6. The summed E-state index contributed by atoms with van der Waals surface area (Å²) in [6.45, 7) is 0.687. The van der Waals surface area contributed by atoms with Crippen LogP contribution >= 0.6 is 0 Å². The van der Waals surface area contributed by atoms with Crippen LogP contribution in [0.3, 0.4) is 0 Å². The van der Waals surface area contributed by atoms with Crippen molar-refractivity contribution in [3.63, 3.8) is 0 Å².